The Hall–Kier alpha value is -0.810. The van der Waals surface area contributed by atoms with Crippen molar-refractivity contribution in [3.63, 3.8) is 0 Å². The third kappa shape index (κ3) is 3.10. The van der Waals surface area contributed by atoms with Crippen LogP contribution in [0.4, 0.5) is 10.8 Å². The minimum atomic E-state index is -0.158. The molecular weight excluding hydrogens is 234 g/mol. The maximum absolute atomic E-state index is 5.91. The molecule has 1 aromatic rings. The van der Waals surface area contributed by atoms with Gasteiger partial charge >= 0.3 is 0 Å². The maximum Gasteiger partial charge on any atom is 0.142 e. The van der Waals surface area contributed by atoms with Crippen molar-refractivity contribution in [2.45, 2.75) is 45.1 Å². The van der Waals surface area contributed by atoms with Gasteiger partial charge in [-0.3, -0.25) is 0 Å². The first kappa shape index (κ1) is 12.6. The Balaban J connectivity index is 1.99. The number of aromatic nitrogens is 1. The molecule has 0 unspecified atom stereocenters. The summed E-state index contributed by atoms with van der Waals surface area (Å²) in [5, 5.41) is 4.55. The standard InChI is InChI=1S/C12H21N3OS/c1-4-16-12(2,3)7-14-11-9(8-5-6-8)10(13)15-17-11/h8,14H,4-7H2,1-3H3,(H2,13,15). The van der Waals surface area contributed by atoms with Crippen LogP contribution in [0.1, 0.15) is 45.1 Å². The zero-order valence-electron chi connectivity index (χ0n) is 10.7. The van der Waals surface area contributed by atoms with Gasteiger partial charge in [-0.05, 0) is 51.1 Å². The van der Waals surface area contributed by atoms with Gasteiger partial charge in [-0.25, -0.2) is 0 Å². The molecule has 0 aromatic carbocycles. The Morgan fingerprint density at radius 3 is 2.82 bits per heavy atom. The quantitative estimate of drug-likeness (QED) is 0.820. The normalized spacial score (nSPS) is 16.2. The molecule has 0 radical (unpaired) electrons. The van der Waals surface area contributed by atoms with E-state index in [1.165, 1.54) is 29.9 Å². The van der Waals surface area contributed by atoms with Crippen molar-refractivity contribution in [1.29, 1.82) is 0 Å². The highest BCUT2D eigenvalue weighted by molar-refractivity contribution is 7.10. The van der Waals surface area contributed by atoms with Gasteiger partial charge in [0.05, 0.1) is 5.60 Å². The maximum atomic E-state index is 5.91. The Kier molecular flexibility index (Phi) is 3.58. The second-order valence-electron chi connectivity index (χ2n) is 5.13. The molecule has 1 saturated carbocycles. The minimum absolute atomic E-state index is 0.158. The molecule has 2 rings (SSSR count). The number of nitrogens with two attached hydrogens (primary N) is 1. The second kappa shape index (κ2) is 4.82. The first-order valence-electron chi connectivity index (χ1n) is 6.16. The molecule has 0 spiro atoms. The summed E-state index contributed by atoms with van der Waals surface area (Å²) in [5.41, 5.74) is 6.97. The molecule has 1 fully saturated rings. The molecule has 96 valence electrons. The lowest BCUT2D eigenvalue weighted by Crippen LogP contribution is -2.33. The van der Waals surface area contributed by atoms with Crippen molar-refractivity contribution in [3.05, 3.63) is 5.56 Å². The van der Waals surface area contributed by atoms with Gasteiger partial charge in [-0.15, -0.1) is 0 Å². The Morgan fingerprint density at radius 2 is 2.24 bits per heavy atom. The summed E-state index contributed by atoms with van der Waals surface area (Å²) >= 11 is 1.46. The number of hydrogen-bond acceptors (Lipinski definition) is 5. The summed E-state index contributed by atoms with van der Waals surface area (Å²) in [7, 11) is 0. The van der Waals surface area contributed by atoms with E-state index in [0.29, 0.717) is 11.7 Å². The molecular formula is C12H21N3OS. The van der Waals surface area contributed by atoms with E-state index in [9.17, 15) is 0 Å². The fourth-order valence-electron chi connectivity index (χ4n) is 1.94. The average molecular weight is 255 g/mol. The average Bonchev–Trinajstić information content (AvgIpc) is 3.01. The fraction of sp³-hybridized carbons (Fsp3) is 0.750. The van der Waals surface area contributed by atoms with Crippen LogP contribution in [0.2, 0.25) is 0 Å². The highest BCUT2D eigenvalue weighted by Crippen LogP contribution is 2.47. The zero-order chi connectivity index (χ0) is 12.5. The SMILES string of the molecule is CCOC(C)(C)CNc1snc(N)c1C1CC1. The number of ether oxygens (including phenoxy) is 1. The molecule has 4 nitrogen and oxygen atoms in total. The van der Waals surface area contributed by atoms with E-state index in [0.717, 1.165) is 18.2 Å². The summed E-state index contributed by atoms with van der Waals surface area (Å²) in [6.07, 6.45) is 2.48. The van der Waals surface area contributed by atoms with Gasteiger partial charge in [0.25, 0.3) is 0 Å². The van der Waals surface area contributed by atoms with E-state index < -0.39 is 0 Å². The van der Waals surface area contributed by atoms with Crippen molar-refractivity contribution < 1.29 is 4.74 Å². The van der Waals surface area contributed by atoms with Crippen LogP contribution in [-0.4, -0.2) is 23.1 Å². The van der Waals surface area contributed by atoms with Gasteiger partial charge in [-0.2, -0.15) is 4.37 Å². The fourth-order valence-corrected chi connectivity index (χ4v) is 2.73. The van der Waals surface area contributed by atoms with E-state index in [1.807, 2.05) is 6.92 Å². The van der Waals surface area contributed by atoms with Crippen molar-refractivity contribution in [2.24, 2.45) is 0 Å². The Labute approximate surface area is 107 Å². The highest BCUT2D eigenvalue weighted by Gasteiger charge is 2.31. The number of nitrogens with zero attached hydrogens (tertiary/aromatic N) is 1. The number of hydrogen-bond donors (Lipinski definition) is 2. The molecule has 0 atom stereocenters. The van der Waals surface area contributed by atoms with Crippen molar-refractivity contribution in [3.8, 4) is 0 Å². The predicted octanol–water partition coefficient (Wildman–Crippen LogP) is 2.83. The summed E-state index contributed by atoms with van der Waals surface area (Å²) in [6.45, 7) is 7.70. The monoisotopic (exact) mass is 255 g/mol. The van der Waals surface area contributed by atoms with Crippen LogP contribution in [0.3, 0.4) is 0 Å². The molecule has 5 heteroatoms. The van der Waals surface area contributed by atoms with Crippen LogP contribution in [0, 0.1) is 0 Å². The highest BCUT2D eigenvalue weighted by atomic mass is 32.1. The second-order valence-corrected chi connectivity index (χ2v) is 5.90. The van der Waals surface area contributed by atoms with Gasteiger partial charge in [0.1, 0.15) is 10.8 Å². The largest absolute Gasteiger partial charge is 0.383 e. The zero-order valence-corrected chi connectivity index (χ0v) is 11.6. The molecule has 17 heavy (non-hydrogen) atoms. The van der Waals surface area contributed by atoms with Crippen LogP contribution in [0.15, 0.2) is 0 Å². The topological polar surface area (TPSA) is 60.2 Å². The third-order valence-electron chi connectivity index (χ3n) is 2.95. The van der Waals surface area contributed by atoms with Crippen LogP contribution in [0.25, 0.3) is 0 Å². The van der Waals surface area contributed by atoms with Crippen molar-refractivity contribution in [2.75, 3.05) is 24.2 Å². The predicted molar refractivity (Wildman–Crippen MR) is 72.7 cm³/mol. The first-order valence-corrected chi connectivity index (χ1v) is 6.93. The van der Waals surface area contributed by atoms with Gasteiger partial charge in [0.2, 0.25) is 0 Å². The molecule has 1 aromatic heterocycles. The molecule has 3 N–H and O–H groups in total. The van der Waals surface area contributed by atoms with E-state index >= 15 is 0 Å². The molecule has 1 aliphatic carbocycles. The van der Waals surface area contributed by atoms with Crippen molar-refractivity contribution >= 4 is 22.4 Å². The molecule has 1 heterocycles. The summed E-state index contributed by atoms with van der Waals surface area (Å²) in [6, 6.07) is 0. The first-order chi connectivity index (χ1) is 8.03. The summed E-state index contributed by atoms with van der Waals surface area (Å²) < 4.78 is 9.90. The van der Waals surface area contributed by atoms with E-state index in [1.54, 1.807) is 0 Å². The van der Waals surface area contributed by atoms with Crippen LogP contribution >= 0.6 is 11.5 Å². The number of rotatable bonds is 6. The van der Waals surface area contributed by atoms with Gasteiger partial charge in [-0.1, -0.05) is 0 Å². The van der Waals surface area contributed by atoms with Crippen LogP contribution < -0.4 is 11.1 Å². The van der Waals surface area contributed by atoms with Crippen molar-refractivity contribution in [1.82, 2.24) is 4.37 Å². The molecule has 0 aliphatic heterocycles. The molecule has 0 bridgehead atoms. The minimum Gasteiger partial charge on any atom is -0.383 e. The van der Waals surface area contributed by atoms with E-state index in [2.05, 4.69) is 23.5 Å². The molecule has 0 saturated heterocycles. The Morgan fingerprint density at radius 1 is 1.53 bits per heavy atom. The van der Waals surface area contributed by atoms with Gasteiger partial charge in [0, 0.05) is 18.7 Å². The molecule has 0 amide bonds. The lowest BCUT2D eigenvalue weighted by atomic mass is 10.1. The smallest absolute Gasteiger partial charge is 0.142 e. The van der Waals surface area contributed by atoms with Gasteiger partial charge < -0.3 is 15.8 Å². The van der Waals surface area contributed by atoms with Gasteiger partial charge in [0.15, 0.2) is 0 Å². The van der Waals surface area contributed by atoms with Crippen LogP contribution in [-0.2, 0) is 4.74 Å². The summed E-state index contributed by atoms with van der Waals surface area (Å²) in [5.74, 6) is 1.33. The lowest BCUT2D eigenvalue weighted by molar-refractivity contribution is 0.000738. The number of anilines is 2. The van der Waals surface area contributed by atoms with Crippen LogP contribution in [0.5, 0.6) is 0 Å². The third-order valence-corrected chi connectivity index (χ3v) is 3.79. The lowest BCUT2D eigenvalue weighted by Gasteiger charge is -2.25. The number of nitrogens with one attached hydrogen (secondary N) is 1. The molecule has 1 aliphatic rings. The number of nitrogen functional groups attached to an aromatic ring is 1. The summed E-state index contributed by atoms with van der Waals surface area (Å²) in [4.78, 5) is 0. The van der Waals surface area contributed by atoms with E-state index in [4.69, 9.17) is 10.5 Å². The van der Waals surface area contributed by atoms with E-state index in [-0.39, 0.29) is 5.60 Å². The Bertz CT molecular complexity index is 385.